The number of hydrogen-bond acceptors (Lipinski definition) is 4. The Morgan fingerprint density at radius 1 is 0.783 bits per heavy atom. The number of hydrogen-bond donors (Lipinski definition) is 1. The van der Waals surface area contributed by atoms with Gasteiger partial charge in [-0.15, -0.1) is 0 Å². The highest BCUT2D eigenvalue weighted by molar-refractivity contribution is 7.92. The monoisotopic (exact) mass is 637 g/mol. The molecule has 1 fully saturated rings. The molecule has 46 heavy (non-hydrogen) atoms. The lowest BCUT2D eigenvalue weighted by atomic mass is 10.0. The highest BCUT2D eigenvalue weighted by atomic mass is 32.2. The van der Waals surface area contributed by atoms with E-state index in [1.54, 1.807) is 35.2 Å². The Kier molecular flexibility index (Phi) is 10.6. The van der Waals surface area contributed by atoms with Gasteiger partial charge in [0.25, 0.3) is 10.0 Å². The average molecular weight is 638 g/mol. The van der Waals surface area contributed by atoms with E-state index in [0.717, 1.165) is 53.5 Å². The molecule has 7 nitrogen and oxygen atoms in total. The van der Waals surface area contributed by atoms with Crippen LogP contribution in [0.5, 0.6) is 0 Å². The first-order chi connectivity index (χ1) is 22.1. The molecule has 0 heterocycles. The van der Waals surface area contributed by atoms with Crippen molar-refractivity contribution in [3.8, 4) is 0 Å². The van der Waals surface area contributed by atoms with Crippen LogP contribution in [0.3, 0.4) is 0 Å². The average Bonchev–Trinajstić information content (AvgIpc) is 3.57. The van der Waals surface area contributed by atoms with Crippen molar-refractivity contribution >= 4 is 27.5 Å². The topological polar surface area (TPSA) is 86.8 Å². The molecule has 5 rings (SSSR count). The lowest BCUT2D eigenvalue weighted by molar-refractivity contribution is -0.140. The molecule has 0 radical (unpaired) electrons. The van der Waals surface area contributed by atoms with Crippen molar-refractivity contribution in [2.75, 3.05) is 10.8 Å². The fourth-order valence-electron chi connectivity index (χ4n) is 6.04. The van der Waals surface area contributed by atoms with E-state index in [1.807, 2.05) is 93.6 Å². The molecule has 1 saturated carbocycles. The van der Waals surface area contributed by atoms with Crippen LogP contribution >= 0.6 is 0 Å². The van der Waals surface area contributed by atoms with E-state index in [1.165, 1.54) is 4.31 Å². The predicted molar refractivity (Wildman–Crippen MR) is 183 cm³/mol. The SMILES string of the molecule is Cc1ccc(S(=O)(=O)N(CC(=O)N(Cc2ccccc2)[C@H](Cc2ccccc2)C(=O)NC2CCCC2)c2cc(C)ccc2C)cc1. The number of aryl methyl sites for hydroxylation is 3. The molecule has 1 N–H and O–H groups in total. The van der Waals surface area contributed by atoms with Crippen molar-refractivity contribution in [3.63, 3.8) is 0 Å². The third kappa shape index (κ3) is 8.04. The highest BCUT2D eigenvalue weighted by Gasteiger charge is 2.36. The van der Waals surface area contributed by atoms with Crippen molar-refractivity contribution in [3.05, 3.63) is 131 Å². The van der Waals surface area contributed by atoms with Gasteiger partial charge in [0.15, 0.2) is 0 Å². The van der Waals surface area contributed by atoms with Gasteiger partial charge in [-0.1, -0.05) is 103 Å². The molecule has 1 aliphatic rings. The number of carbonyl (C=O) groups is 2. The summed E-state index contributed by atoms with van der Waals surface area (Å²) in [5.41, 5.74) is 4.73. The molecular formula is C38H43N3O4S. The number of amides is 2. The lowest BCUT2D eigenvalue weighted by Crippen LogP contribution is -2.54. The van der Waals surface area contributed by atoms with Crippen molar-refractivity contribution < 1.29 is 18.0 Å². The normalized spacial score (nSPS) is 14.1. The van der Waals surface area contributed by atoms with Crippen LogP contribution in [0.2, 0.25) is 0 Å². The third-order valence-corrected chi connectivity index (χ3v) is 10.5. The Morgan fingerprint density at radius 3 is 2.00 bits per heavy atom. The number of nitrogens with zero attached hydrogens (tertiary/aromatic N) is 2. The first kappa shape index (κ1) is 32.9. The second-order valence-corrected chi connectivity index (χ2v) is 14.2. The zero-order chi connectivity index (χ0) is 32.7. The van der Waals surface area contributed by atoms with Crippen molar-refractivity contribution in [1.29, 1.82) is 0 Å². The molecule has 0 spiro atoms. The maximum Gasteiger partial charge on any atom is 0.264 e. The molecule has 0 saturated heterocycles. The van der Waals surface area contributed by atoms with Gasteiger partial charge in [-0.05, 0) is 74.1 Å². The number of anilines is 1. The van der Waals surface area contributed by atoms with Crippen LogP contribution in [-0.2, 0) is 32.6 Å². The Morgan fingerprint density at radius 2 is 1.37 bits per heavy atom. The van der Waals surface area contributed by atoms with Crippen LogP contribution in [0.25, 0.3) is 0 Å². The molecule has 0 aliphatic heterocycles. The largest absolute Gasteiger partial charge is 0.352 e. The van der Waals surface area contributed by atoms with E-state index in [4.69, 9.17) is 0 Å². The minimum absolute atomic E-state index is 0.0628. The summed E-state index contributed by atoms with van der Waals surface area (Å²) in [6.45, 7) is 5.32. The van der Waals surface area contributed by atoms with Crippen molar-refractivity contribution in [2.45, 2.75) is 76.4 Å². The Bertz CT molecular complexity index is 1740. The van der Waals surface area contributed by atoms with E-state index < -0.39 is 28.5 Å². The lowest BCUT2D eigenvalue weighted by Gasteiger charge is -2.34. The summed E-state index contributed by atoms with van der Waals surface area (Å²) in [6, 6.07) is 30.6. The van der Waals surface area contributed by atoms with E-state index in [0.29, 0.717) is 12.1 Å². The highest BCUT2D eigenvalue weighted by Crippen LogP contribution is 2.29. The van der Waals surface area contributed by atoms with E-state index in [2.05, 4.69) is 5.32 Å². The van der Waals surface area contributed by atoms with Crippen molar-refractivity contribution in [2.24, 2.45) is 0 Å². The van der Waals surface area contributed by atoms with E-state index in [-0.39, 0.29) is 23.4 Å². The smallest absolute Gasteiger partial charge is 0.264 e. The number of sulfonamides is 1. The van der Waals surface area contributed by atoms with Gasteiger partial charge in [-0.25, -0.2) is 8.42 Å². The van der Waals surface area contributed by atoms with Gasteiger partial charge in [-0.2, -0.15) is 0 Å². The van der Waals surface area contributed by atoms with E-state index in [9.17, 15) is 18.0 Å². The molecule has 1 aliphatic carbocycles. The number of rotatable bonds is 12. The molecule has 1 atom stereocenters. The van der Waals surface area contributed by atoms with Gasteiger partial charge in [0.2, 0.25) is 11.8 Å². The summed E-state index contributed by atoms with van der Waals surface area (Å²) < 4.78 is 29.9. The third-order valence-electron chi connectivity index (χ3n) is 8.69. The van der Waals surface area contributed by atoms with Gasteiger partial charge in [-0.3, -0.25) is 13.9 Å². The van der Waals surface area contributed by atoms with Gasteiger partial charge < -0.3 is 10.2 Å². The van der Waals surface area contributed by atoms with Gasteiger partial charge in [0.05, 0.1) is 10.6 Å². The Hall–Kier alpha value is -4.43. The Balaban J connectivity index is 1.58. The quantitative estimate of drug-likeness (QED) is 0.192. The summed E-state index contributed by atoms with van der Waals surface area (Å²) in [6.07, 6.45) is 4.23. The molecule has 4 aromatic rings. The summed E-state index contributed by atoms with van der Waals surface area (Å²) in [7, 11) is -4.15. The molecule has 4 aromatic carbocycles. The summed E-state index contributed by atoms with van der Waals surface area (Å²) in [4.78, 5) is 30.4. The molecule has 0 bridgehead atoms. The fourth-order valence-corrected chi connectivity index (χ4v) is 7.51. The second kappa shape index (κ2) is 14.8. The van der Waals surface area contributed by atoms with Gasteiger partial charge >= 0.3 is 0 Å². The fraction of sp³-hybridized carbons (Fsp3) is 0.316. The molecule has 240 valence electrons. The maximum absolute atomic E-state index is 14.7. The standard InChI is InChI=1S/C38H43N3O4S/c1-28-19-22-34(23-20-28)46(44,45)41(35-24-29(2)18-21-30(35)3)27-37(42)40(26-32-14-8-5-9-15-32)36(25-31-12-6-4-7-13-31)38(43)39-33-16-10-11-17-33/h4-9,12-15,18-24,33,36H,10-11,16-17,25-27H2,1-3H3,(H,39,43)/t36-/m1/s1. The van der Waals surface area contributed by atoms with Crippen LogP contribution in [0, 0.1) is 20.8 Å². The van der Waals surface area contributed by atoms with Crippen LogP contribution < -0.4 is 9.62 Å². The number of nitrogens with one attached hydrogen (secondary N) is 1. The summed E-state index contributed by atoms with van der Waals surface area (Å²) in [5.74, 6) is -0.678. The molecular weight excluding hydrogens is 595 g/mol. The van der Waals surface area contributed by atoms with Crippen LogP contribution in [0.15, 0.2) is 108 Å². The minimum Gasteiger partial charge on any atom is -0.352 e. The maximum atomic E-state index is 14.7. The Labute approximate surface area is 273 Å². The number of benzene rings is 4. The molecule has 0 unspecified atom stereocenters. The van der Waals surface area contributed by atoms with Crippen LogP contribution in [0.4, 0.5) is 5.69 Å². The predicted octanol–water partition coefficient (Wildman–Crippen LogP) is 6.51. The first-order valence-electron chi connectivity index (χ1n) is 16.0. The second-order valence-electron chi connectivity index (χ2n) is 12.3. The zero-order valence-electron chi connectivity index (χ0n) is 26.9. The van der Waals surface area contributed by atoms with Gasteiger partial charge in [0, 0.05) is 19.0 Å². The van der Waals surface area contributed by atoms with Crippen LogP contribution in [-0.4, -0.2) is 43.8 Å². The first-order valence-corrected chi connectivity index (χ1v) is 17.4. The summed E-state index contributed by atoms with van der Waals surface area (Å²) in [5, 5.41) is 3.22. The minimum atomic E-state index is -4.15. The number of carbonyl (C=O) groups excluding carboxylic acids is 2. The molecule has 8 heteroatoms. The zero-order valence-corrected chi connectivity index (χ0v) is 27.7. The summed E-state index contributed by atoms with van der Waals surface area (Å²) >= 11 is 0. The van der Waals surface area contributed by atoms with Gasteiger partial charge in [0.1, 0.15) is 12.6 Å². The molecule has 0 aromatic heterocycles. The molecule has 2 amide bonds. The van der Waals surface area contributed by atoms with Crippen LogP contribution in [0.1, 0.15) is 53.5 Å². The van der Waals surface area contributed by atoms with E-state index >= 15 is 0 Å². The van der Waals surface area contributed by atoms with Crippen molar-refractivity contribution in [1.82, 2.24) is 10.2 Å².